The summed E-state index contributed by atoms with van der Waals surface area (Å²) >= 11 is 2.89. The number of aromatic carboxylic acids is 1. The lowest BCUT2D eigenvalue weighted by Crippen LogP contribution is -2.09. The van der Waals surface area contributed by atoms with Crippen LogP contribution >= 0.6 is 22.7 Å². The van der Waals surface area contributed by atoms with Crippen molar-refractivity contribution < 1.29 is 14.7 Å². The van der Waals surface area contributed by atoms with E-state index in [2.05, 4.69) is 5.32 Å². The van der Waals surface area contributed by atoms with Crippen molar-refractivity contribution >= 4 is 45.6 Å². The van der Waals surface area contributed by atoms with Crippen molar-refractivity contribution in [2.45, 2.75) is 20.3 Å². The van der Waals surface area contributed by atoms with Gasteiger partial charge in [-0.15, -0.1) is 22.7 Å². The van der Waals surface area contributed by atoms with Crippen molar-refractivity contribution in [2.75, 3.05) is 5.32 Å². The fourth-order valence-corrected chi connectivity index (χ4v) is 3.49. The monoisotopic (exact) mass is 321 g/mol. The highest BCUT2D eigenvalue weighted by Gasteiger charge is 2.15. The highest BCUT2D eigenvalue weighted by atomic mass is 32.1. The Morgan fingerprint density at radius 1 is 1.33 bits per heavy atom. The summed E-state index contributed by atoms with van der Waals surface area (Å²) in [6.45, 7) is 3.95. The van der Waals surface area contributed by atoms with E-state index >= 15 is 0 Å². The lowest BCUT2D eigenvalue weighted by atomic mass is 10.2. The average molecular weight is 321 g/mol. The van der Waals surface area contributed by atoms with Crippen LogP contribution in [0.25, 0.3) is 6.08 Å². The standard InChI is InChI=1S/C15H15NO3S2/c1-3-10-8-12(15(18)19)14(21-10)16-13(17)7-6-11-5-4-9(2)20-11/h4-8H,3H2,1-2H3,(H,16,17)(H,18,19). The summed E-state index contributed by atoms with van der Waals surface area (Å²) in [5.74, 6) is -1.35. The molecule has 0 saturated heterocycles. The van der Waals surface area contributed by atoms with Crippen LogP contribution in [0.15, 0.2) is 24.3 Å². The molecule has 2 heterocycles. The highest BCUT2D eigenvalue weighted by Crippen LogP contribution is 2.28. The molecule has 0 aliphatic rings. The van der Waals surface area contributed by atoms with Gasteiger partial charge >= 0.3 is 5.97 Å². The number of hydrogen-bond donors (Lipinski definition) is 2. The van der Waals surface area contributed by atoms with Gasteiger partial charge in [-0.3, -0.25) is 4.79 Å². The Kier molecular flexibility index (Phi) is 4.93. The van der Waals surface area contributed by atoms with Gasteiger partial charge in [0.25, 0.3) is 0 Å². The second-order valence-electron chi connectivity index (χ2n) is 4.39. The fourth-order valence-electron chi connectivity index (χ4n) is 1.72. The number of carbonyl (C=O) groups excluding carboxylic acids is 1. The number of aryl methyl sites for hydroxylation is 2. The van der Waals surface area contributed by atoms with E-state index in [0.717, 1.165) is 16.2 Å². The summed E-state index contributed by atoms with van der Waals surface area (Å²) in [5.41, 5.74) is 0.144. The maximum absolute atomic E-state index is 11.9. The first-order valence-corrected chi connectivity index (χ1v) is 8.04. The number of carboxylic acid groups (broad SMARTS) is 1. The molecule has 2 N–H and O–H groups in total. The number of hydrogen-bond acceptors (Lipinski definition) is 4. The van der Waals surface area contributed by atoms with Crippen molar-refractivity contribution in [1.29, 1.82) is 0 Å². The zero-order valence-corrected chi connectivity index (χ0v) is 13.3. The van der Waals surface area contributed by atoms with Gasteiger partial charge in [-0.25, -0.2) is 4.79 Å². The predicted octanol–water partition coefficient (Wildman–Crippen LogP) is 4.03. The van der Waals surface area contributed by atoms with Crippen LogP contribution < -0.4 is 5.32 Å². The summed E-state index contributed by atoms with van der Waals surface area (Å²) in [7, 11) is 0. The third kappa shape index (κ3) is 4.03. The maximum atomic E-state index is 11.9. The molecule has 0 atom stereocenters. The van der Waals surface area contributed by atoms with Gasteiger partial charge in [-0.1, -0.05) is 6.92 Å². The minimum atomic E-state index is -1.03. The van der Waals surface area contributed by atoms with Gasteiger partial charge in [0.15, 0.2) is 0 Å². The zero-order chi connectivity index (χ0) is 15.4. The van der Waals surface area contributed by atoms with Crippen LogP contribution in [0.3, 0.4) is 0 Å². The van der Waals surface area contributed by atoms with Crippen molar-refractivity contribution in [1.82, 2.24) is 0 Å². The lowest BCUT2D eigenvalue weighted by molar-refractivity contribution is -0.111. The van der Waals surface area contributed by atoms with Gasteiger partial charge in [-0.05, 0) is 37.6 Å². The molecule has 0 radical (unpaired) electrons. The minimum absolute atomic E-state index is 0.144. The lowest BCUT2D eigenvalue weighted by Gasteiger charge is -1.99. The SMILES string of the molecule is CCc1cc(C(=O)O)c(NC(=O)C=Cc2ccc(C)s2)s1. The zero-order valence-electron chi connectivity index (χ0n) is 11.7. The summed E-state index contributed by atoms with van der Waals surface area (Å²) in [6.07, 6.45) is 3.88. The number of amides is 1. The number of anilines is 1. The summed E-state index contributed by atoms with van der Waals surface area (Å²) in [4.78, 5) is 26.1. The van der Waals surface area contributed by atoms with E-state index in [1.165, 1.54) is 22.3 Å². The van der Waals surface area contributed by atoms with Crippen molar-refractivity contribution in [3.05, 3.63) is 44.5 Å². The van der Waals surface area contributed by atoms with E-state index in [9.17, 15) is 9.59 Å². The molecule has 1 amide bonds. The summed E-state index contributed by atoms with van der Waals surface area (Å²) in [5, 5.41) is 12.2. The van der Waals surface area contributed by atoms with Gasteiger partial charge in [0, 0.05) is 20.7 Å². The molecular formula is C15H15NO3S2. The van der Waals surface area contributed by atoms with Crippen molar-refractivity contribution in [2.24, 2.45) is 0 Å². The average Bonchev–Trinajstić information content (AvgIpc) is 3.02. The molecule has 2 aromatic rings. The van der Waals surface area contributed by atoms with Crippen LogP contribution in [0.2, 0.25) is 0 Å². The Morgan fingerprint density at radius 2 is 2.10 bits per heavy atom. The van der Waals surface area contributed by atoms with Crippen LogP contribution in [-0.4, -0.2) is 17.0 Å². The van der Waals surface area contributed by atoms with Gasteiger partial charge in [0.2, 0.25) is 5.91 Å². The van der Waals surface area contributed by atoms with E-state index in [0.29, 0.717) is 5.00 Å². The van der Waals surface area contributed by atoms with Crippen LogP contribution in [0.5, 0.6) is 0 Å². The largest absolute Gasteiger partial charge is 0.478 e. The first kappa shape index (κ1) is 15.5. The molecule has 4 nitrogen and oxygen atoms in total. The van der Waals surface area contributed by atoms with Crippen LogP contribution in [-0.2, 0) is 11.2 Å². The van der Waals surface area contributed by atoms with Gasteiger partial charge in [0.1, 0.15) is 5.00 Å². The normalized spacial score (nSPS) is 11.0. The van der Waals surface area contributed by atoms with E-state index in [1.54, 1.807) is 23.5 Å². The molecule has 6 heteroatoms. The number of rotatable bonds is 5. The van der Waals surface area contributed by atoms with Crippen LogP contribution in [0, 0.1) is 6.92 Å². The van der Waals surface area contributed by atoms with Crippen LogP contribution in [0.1, 0.15) is 31.9 Å². The Bertz CT molecular complexity index is 698. The van der Waals surface area contributed by atoms with E-state index in [-0.39, 0.29) is 11.5 Å². The smallest absolute Gasteiger partial charge is 0.338 e. The Labute approximate surface area is 130 Å². The van der Waals surface area contributed by atoms with E-state index < -0.39 is 5.97 Å². The Morgan fingerprint density at radius 3 is 2.67 bits per heavy atom. The molecule has 2 rings (SSSR count). The minimum Gasteiger partial charge on any atom is -0.478 e. The Hall–Kier alpha value is -1.92. The van der Waals surface area contributed by atoms with E-state index in [1.807, 2.05) is 26.0 Å². The molecule has 0 aliphatic heterocycles. The summed E-state index contributed by atoms with van der Waals surface area (Å²) in [6, 6.07) is 5.53. The first-order chi connectivity index (χ1) is 9.99. The van der Waals surface area contributed by atoms with Crippen molar-refractivity contribution in [3.8, 4) is 0 Å². The number of thiophene rings is 2. The third-order valence-corrected chi connectivity index (χ3v) is 4.92. The number of carbonyl (C=O) groups is 2. The fraction of sp³-hybridized carbons (Fsp3) is 0.200. The highest BCUT2D eigenvalue weighted by molar-refractivity contribution is 7.16. The molecule has 0 aromatic carbocycles. The molecule has 0 aliphatic carbocycles. The molecule has 0 bridgehead atoms. The Balaban J connectivity index is 2.10. The molecular weight excluding hydrogens is 306 g/mol. The van der Waals surface area contributed by atoms with E-state index in [4.69, 9.17) is 5.11 Å². The maximum Gasteiger partial charge on any atom is 0.338 e. The van der Waals surface area contributed by atoms with Gasteiger partial charge < -0.3 is 10.4 Å². The van der Waals surface area contributed by atoms with Gasteiger partial charge in [-0.2, -0.15) is 0 Å². The molecule has 110 valence electrons. The molecule has 0 unspecified atom stereocenters. The molecule has 21 heavy (non-hydrogen) atoms. The first-order valence-electron chi connectivity index (χ1n) is 6.41. The molecule has 2 aromatic heterocycles. The van der Waals surface area contributed by atoms with Crippen molar-refractivity contribution in [3.63, 3.8) is 0 Å². The number of carboxylic acids is 1. The third-order valence-electron chi connectivity index (χ3n) is 2.76. The molecule has 0 saturated carbocycles. The number of nitrogens with one attached hydrogen (secondary N) is 1. The second kappa shape index (κ2) is 6.69. The second-order valence-corrected chi connectivity index (χ2v) is 6.84. The topological polar surface area (TPSA) is 66.4 Å². The summed E-state index contributed by atoms with van der Waals surface area (Å²) < 4.78 is 0. The quantitative estimate of drug-likeness (QED) is 0.817. The van der Waals surface area contributed by atoms with Crippen LogP contribution in [0.4, 0.5) is 5.00 Å². The molecule has 0 spiro atoms. The molecule has 0 fully saturated rings. The van der Waals surface area contributed by atoms with Gasteiger partial charge in [0.05, 0.1) is 5.56 Å². The predicted molar refractivity (Wildman–Crippen MR) is 87.4 cm³/mol.